The summed E-state index contributed by atoms with van der Waals surface area (Å²) in [5.74, 6) is 0.196. The largest absolute Gasteiger partial charge is 0.482 e. The van der Waals surface area contributed by atoms with E-state index in [0.29, 0.717) is 43.4 Å². The standard InChI is InChI=1S/C20H23N3O4.ClH/c21-16-7-5-15(6-8-16)13-19(24)22-17-3-1-2-4-18(17)27-14-20(25)23-9-11-26-12-10-23;/h1-8H,9-14,21H2,(H,22,24);1H. The molecule has 2 aromatic carbocycles. The van der Waals surface area contributed by atoms with Gasteiger partial charge in [0.25, 0.3) is 5.91 Å². The summed E-state index contributed by atoms with van der Waals surface area (Å²) >= 11 is 0. The fourth-order valence-electron chi connectivity index (χ4n) is 2.75. The number of anilines is 2. The van der Waals surface area contributed by atoms with E-state index in [2.05, 4.69) is 5.32 Å². The maximum absolute atomic E-state index is 12.3. The summed E-state index contributed by atoms with van der Waals surface area (Å²) in [4.78, 5) is 26.3. The topological polar surface area (TPSA) is 93.9 Å². The Morgan fingerprint density at radius 1 is 1.07 bits per heavy atom. The van der Waals surface area contributed by atoms with Crippen molar-refractivity contribution in [1.82, 2.24) is 4.90 Å². The number of para-hydroxylation sites is 2. The van der Waals surface area contributed by atoms with Crippen LogP contribution in [0.25, 0.3) is 0 Å². The summed E-state index contributed by atoms with van der Waals surface area (Å²) in [6, 6.07) is 14.2. The minimum atomic E-state index is -0.171. The van der Waals surface area contributed by atoms with Crippen LogP contribution in [0, 0.1) is 0 Å². The Bertz CT molecular complexity index is 792. The van der Waals surface area contributed by atoms with E-state index in [1.807, 2.05) is 12.1 Å². The van der Waals surface area contributed by atoms with E-state index in [0.717, 1.165) is 5.56 Å². The molecule has 150 valence electrons. The van der Waals surface area contributed by atoms with E-state index in [9.17, 15) is 9.59 Å². The lowest BCUT2D eigenvalue weighted by Crippen LogP contribution is -2.43. The smallest absolute Gasteiger partial charge is 0.260 e. The van der Waals surface area contributed by atoms with E-state index in [-0.39, 0.29) is 37.2 Å². The molecular formula is C20H24ClN3O4. The summed E-state index contributed by atoms with van der Waals surface area (Å²) < 4.78 is 10.9. The SMILES string of the molecule is Cl.Nc1ccc(CC(=O)Nc2ccccc2OCC(=O)N2CCOCC2)cc1. The van der Waals surface area contributed by atoms with Crippen LogP contribution in [0.15, 0.2) is 48.5 Å². The molecule has 2 aromatic rings. The Hall–Kier alpha value is -2.77. The van der Waals surface area contributed by atoms with Gasteiger partial charge in [-0.15, -0.1) is 12.4 Å². The van der Waals surface area contributed by atoms with Crippen LogP contribution in [-0.4, -0.2) is 49.6 Å². The van der Waals surface area contributed by atoms with E-state index in [4.69, 9.17) is 15.2 Å². The number of amides is 2. The molecule has 0 atom stereocenters. The molecule has 0 spiro atoms. The van der Waals surface area contributed by atoms with Gasteiger partial charge in [-0.05, 0) is 29.8 Å². The van der Waals surface area contributed by atoms with Gasteiger partial charge in [0.05, 0.1) is 25.3 Å². The first-order valence-electron chi connectivity index (χ1n) is 8.83. The Kier molecular flexibility index (Phi) is 8.10. The fraction of sp³-hybridized carbons (Fsp3) is 0.300. The normalized spacial score (nSPS) is 13.4. The molecule has 0 aliphatic carbocycles. The van der Waals surface area contributed by atoms with E-state index < -0.39 is 0 Å². The van der Waals surface area contributed by atoms with E-state index in [1.54, 1.807) is 41.3 Å². The van der Waals surface area contributed by atoms with Gasteiger partial charge in [-0.25, -0.2) is 0 Å². The van der Waals surface area contributed by atoms with Crippen molar-refractivity contribution in [3.8, 4) is 5.75 Å². The molecule has 0 saturated carbocycles. The van der Waals surface area contributed by atoms with Crippen LogP contribution >= 0.6 is 12.4 Å². The Balaban J connectivity index is 0.00000280. The van der Waals surface area contributed by atoms with Gasteiger partial charge in [-0.2, -0.15) is 0 Å². The van der Waals surface area contributed by atoms with Crippen LogP contribution in [0.5, 0.6) is 5.75 Å². The third kappa shape index (κ3) is 6.14. The number of carbonyl (C=O) groups is 2. The van der Waals surface area contributed by atoms with Gasteiger partial charge in [-0.3, -0.25) is 9.59 Å². The van der Waals surface area contributed by atoms with Crippen LogP contribution in [0.1, 0.15) is 5.56 Å². The first-order chi connectivity index (χ1) is 13.1. The summed E-state index contributed by atoms with van der Waals surface area (Å²) in [7, 11) is 0. The number of ether oxygens (including phenoxy) is 2. The fourth-order valence-corrected chi connectivity index (χ4v) is 2.75. The molecule has 0 radical (unpaired) electrons. The van der Waals surface area contributed by atoms with E-state index in [1.165, 1.54) is 0 Å². The minimum absolute atomic E-state index is 0. The molecule has 1 saturated heterocycles. The molecule has 3 rings (SSSR count). The number of hydrogen-bond acceptors (Lipinski definition) is 5. The zero-order valence-corrected chi connectivity index (χ0v) is 16.2. The molecule has 3 N–H and O–H groups in total. The zero-order chi connectivity index (χ0) is 19.1. The van der Waals surface area contributed by atoms with Crippen LogP contribution < -0.4 is 15.8 Å². The molecule has 0 aromatic heterocycles. The van der Waals surface area contributed by atoms with Gasteiger partial charge < -0.3 is 25.4 Å². The van der Waals surface area contributed by atoms with Crippen molar-refractivity contribution in [3.05, 3.63) is 54.1 Å². The van der Waals surface area contributed by atoms with Gasteiger partial charge in [0.15, 0.2) is 6.61 Å². The Labute approximate surface area is 170 Å². The van der Waals surface area contributed by atoms with Crippen molar-refractivity contribution in [2.24, 2.45) is 0 Å². The number of nitrogens with one attached hydrogen (secondary N) is 1. The minimum Gasteiger partial charge on any atom is -0.482 e. The highest BCUT2D eigenvalue weighted by Gasteiger charge is 2.18. The van der Waals surface area contributed by atoms with Gasteiger partial charge >= 0.3 is 0 Å². The quantitative estimate of drug-likeness (QED) is 0.718. The van der Waals surface area contributed by atoms with Gasteiger partial charge in [0.2, 0.25) is 5.91 Å². The molecule has 0 unspecified atom stereocenters. The molecule has 7 nitrogen and oxygen atoms in total. The Morgan fingerprint density at radius 2 is 1.75 bits per heavy atom. The number of nitrogens with zero attached hydrogens (tertiary/aromatic N) is 1. The monoisotopic (exact) mass is 405 g/mol. The van der Waals surface area contributed by atoms with Crippen molar-refractivity contribution in [2.45, 2.75) is 6.42 Å². The second-order valence-electron chi connectivity index (χ2n) is 6.24. The highest BCUT2D eigenvalue weighted by Crippen LogP contribution is 2.24. The lowest BCUT2D eigenvalue weighted by Gasteiger charge is -2.26. The number of morpholine rings is 1. The molecule has 0 bridgehead atoms. The average molecular weight is 406 g/mol. The van der Waals surface area contributed by atoms with Gasteiger partial charge in [0, 0.05) is 18.8 Å². The summed E-state index contributed by atoms with van der Waals surface area (Å²) in [6.07, 6.45) is 0.224. The number of nitrogen functional groups attached to an aromatic ring is 1. The van der Waals surface area contributed by atoms with Crippen LogP contribution in [0.2, 0.25) is 0 Å². The van der Waals surface area contributed by atoms with Crippen molar-refractivity contribution in [2.75, 3.05) is 44.0 Å². The summed E-state index contributed by atoms with van der Waals surface area (Å²) in [5.41, 5.74) is 7.71. The van der Waals surface area contributed by atoms with Crippen molar-refractivity contribution in [3.63, 3.8) is 0 Å². The number of halogens is 1. The molecule has 1 aliphatic heterocycles. The number of hydrogen-bond donors (Lipinski definition) is 2. The predicted molar refractivity (Wildman–Crippen MR) is 110 cm³/mol. The lowest BCUT2D eigenvalue weighted by molar-refractivity contribution is -0.137. The molecule has 1 fully saturated rings. The van der Waals surface area contributed by atoms with Gasteiger partial charge in [-0.1, -0.05) is 24.3 Å². The second-order valence-corrected chi connectivity index (χ2v) is 6.24. The third-order valence-electron chi connectivity index (χ3n) is 4.22. The molecule has 2 amide bonds. The summed E-state index contributed by atoms with van der Waals surface area (Å²) in [6.45, 7) is 2.15. The number of rotatable bonds is 6. The summed E-state index contributed by atoms with van der Waals surface area (Å²) in [5, 5.41) is 2.84. The highest BCUT2D eigenvalue weighted by molar-refractivity contribution is 5.93. The molecule has 28 heavy (non-hydrogen) atoms. The molecule has 8 heteroatoms. The zero-order valence-electron chi connectivity index (χ0n) is 15.4. The van der Waals surface area contributed by atoms with Gasteiger partial charge in [0.1, 0.15) is 5.75 Å². The van der Waals surface area contributed by atoms with Crippen LogP contribution in [-0.2, 0) is 20.7 Å². The van der Waals surface area contributed by atoms with Crippen molar-refractivity contribution < 1.29 is 19.1 Å². The number of nitrogens with two attached hydrogens (primary N) is 1. The van der Waals surface area contributed by atoms with Crippen LogP contribution in [0.4, 0.5) is 11.4 Å². The maximum Gasteiger partial charge on any atom is 0.260 e. The highest BCUT2D eigenvalue weighted by atomic mass is 35.5. The maximum atomic E-state index is 12.3. The predicted octanol–water partition coefficient (Wildman–Crippen LogP) is 2.11. The second kappa shape index (κ2) is 10.5. The average Bonchev–Trinajstić information content (AvgIpc) is 2.69. The number of benzene rings is 2. The molecule has 1 heterocycles. The van der Waals surface area contributed by atoms with Crippen molar-refractivity contribution in [1.29, 1.82) is 0 Å². The Morgan fingerprint density at radius 3 is 2.46 bits per heavy atom. The molecule has 1 aliphatic rings. The van der Waals surface area contributed by atoms with Crippen LogP contribution in [0.3, 0.4) is 0 Å². The van der Waals surface area contributed by atoms with Crippen molar-refractivity contribution >= 4 is 35.6 Å². The number of carbonyl (C=O) groups excluding carboxylic acids is 2. The molecular weight excluding hydrogens is 382 g/mol. The first-order valence-corrected chi connectivity index (χ1v) is 8.83. The lowest BCUT2D eigenvalue weighted by atomic mass is 10.1. The first kappa shape index (κ1) is 21.5. The van der Waals surface area contributed by atoms with E-state index >= 15 is 0 Å². The third-order valence-corrected chi connectivity index (χ3v) is 4.22.